The Morgan fingerprint density at radius 3 is 2.67 bits per heavy atom. The van der Waals surface area contributed by atoms with Crippen molar-refractivity contribution in [1.29, 1.82) is 0 Å². The van der Waals surface area contributed by atoms with Gasteiger partial charge in [0, 0.05) is 57.9 Å². The summed E-state index contributed by atoms with van der Waals surface area (Å²) in [6, 6.07) is 0.310. The molecule has 4 rings (SSSR count). The number of ether oxygens (including phenoxy) is 1. The van der Waals surface area contributed by atoms with Crippen molar-refractivity contribution in [2.45, 2.75) is 76.4 Å². The highest BCUT2D eigenvalue weighted by molar-refractivity contribution is 5.68. The van der Waals surface area contributed by atoms with E-state index < -0.39 is 12.5 Å². The van der Waals surface area contributed by atoms with E-state index in [9.17, 15) is 13.6 Å². The number of nitrogens with zero attached hydrogens (tertiary/aromatic N) is 3. The molecular weight excluding hydrogens is 352 g/mol. The summed E-state index contributed by atoms with van der Waals surface area (Å²) in [6.45, 7) is 5.93. The normalized spacial score (nSPS) is 35.0. The molecule has 0 N–H and O–H groups in total. The maximum absolute atomic E-state index is 13.2. The summed E-state index contributed by atoms with van der Waals surface area (Å²) >= 11 is 0. The van der Waals surface area contributed by atoms with Gasteiger partial charge < -0.3 is 9.64 Å². The van der Waals surface area contributed by atoms with E-state index in [-0.39, 0.29) is 17.6 Å². The van der Waals surface area contributed by atoms with E-state index in [2.05, 4.69) is 4.90 Å². The van der Waals surface area contributed by atoms with Crippen LogP contribution < -0.4 is 0 Å². The smallest absolute Gasteiger partial charge is 0.409 e. The Kier molecular flexibility index (Phi) is 5.41. The van der Waals surface area contributed by atoms with E-state index in [1.54, 1.807) is 0 Å². The zero-order valence-electron chi connectivity index (χ0n) is 16.3. The summed E-state index contributed by atoms with van der Waals surface area (Å²) in [5.74, 6) is 0. The highest BCUT2D eigenvalue weighted by Crippen LogP contribution is 2.50. The van der Waals surface area contributed by atoms with E-state index in [1.165, 1.54) is 0 Å². The molecule has 3 aliphatic heterocycles. The van der Waals surface area contributed by atoms with Crippen LogP contribution in [0.5, 0.6) is 0 Å². The van der Waals surface area contributed by atoms with Crippen LogP contribution in [0.15, 0.2) is 0 Å². The molecule has 0 bridgehead atoms. The highest BCUT2D eigenvalue weighted by Gasteiger charge is 2.52. The Balaban J connectivity index is 1.24. The lowest BCUT2D eigenvalue weighted by molar-refractivity contribution is -0.605. The molecule has 5 nitrogen and oxygen atoms in total. The molecule has 3 fully saturated rings. The lowest BCUT2D eigenvalue weighted by Gasteiger charge is -2.51. The molecule has 3 heterocycles. The van der Waals surface area contributed by atoms with Crippen molar-refractivity contribution in [3.8, 4) is 0 Å². The summed E-state index contributed by atoms with van der Waals surface area (Å²) in [4.78, 5) is 16.3. The molecule has 1 atom stereocenters. The van der Waals surface area contributed by atoms with Crippen LogP contribution in [0.25, 0.3) is 0 Å². The largest absolute Gasteiger partial charge is 0.450 e. The molecule has 152 valence electrons. The third-order valence-corrected chi connectivity index (χ3v) is 7.21. The molecule has 1 unspecified atom stereocenters. The molecule has 0 aromatic heterocycles. The first kappa shape index (κ1) is 19.1. The first-order valence-electron chi connectivity index (χ1n) is 10.6. The van der Waals surface area contributed by atoms with Crippen LogP contribution in [0.1, 0.15) is 51.9 Å². The molecule has 0 radical (unpaired) electrons. The van der Waals surface area contributed by atoms with Gasteiger partial charge in [0.25, 0.3) is 6.43 Å². The zero-order valence-corrected chi connectivity index (χ0v) is 16.3. The minimum absolute atomic E-state index is 0.172. The van der Waals surface area contributed by atoms with Gasteiger partial charge in [0.2, 0.25) is 6.04 Å². The molecule has 1 saturated carbocycles. The second-order valence-corrected chi connectivity index (χ2v) is 8.81. The van der Waals surface area contributed by atoms with Gasteiger partial charge in [0.05, 0.1) is 6.61 Å². The Hall–Kier alpha value is -1.24. The van der Waals surface area contributed by atoms with Crippen LogP contribution in [-0.4, -0.2) is 84.0 Å². The predicted octanol–water partition coefficient (Wildman–Crippen LogP) is 2.97. The molecular formula is C20H32F2N3O2+. The average molecular weight is 384 g/mol. The van der Waals surface area contributed by atoms with E-state index in [0.717, 1.165) is 64.7 Å². The number of amides is 1. The molecule has 0 aromatic carbocycles. The highest BCUT2D eigenvalue weighted by atomic mass is 19.3. The SMILES string of the molecule is CCOC(=O)N1CCC2(CC(N3CCC([N+]4=CCCC4C(F)F)CC3)C2)C1. The third-order valence-electron chi connectivity index (χ3n) is 7.21. The number of alkyl halides is 2. The van der Waals surface area contributed by atoms with Gasteiger partial charge in [-0.05, 0) is 31.6 Å². The summed E-state index contributed by atoms with van der Waals surface area (Å²) in [6.07, 6.45) is 6.35. The molecule has 1 aliphatic carbocycles. The summed E-state index contributed by atoms with van der Waals surface area (Å²) in [5, 5.41) is 0. The van der Waals surface area contributed by atoms with E-state index >= 15 is 0 Å². The lowest BCUT2D eigenvalue weighted by atomic mass is 9.64. The minimum atomic E-state index is -2.24. The Morgan fingerprint density at radius 1 is 1.26 bits per heavy atom. The molecule has 27 heavy (non-hydrogen) atoms. The second-order valence-electron chi connectivity index (χ2n) is 8.81. The monoisotopic (exact) mass is 384 g/mol. The van der Waals surface area contributed by atoms with Crippen LogP contribution in [0.2, 0.25) is 0 Å². The van der Waals surface area contributed by atoms with Crippen molar-refractivity contribution in [1.82, 2.24) is 9.80 Å². The predicted molar refractivity (Wildman–Crippen MR) is 98.6 cm³/mol. The number of carbonyl (C=O) groups excluding carboxylic acids is 1. The van der Waals surface area contributed by atoms with Gasteiger partial charge in [-0.2, -0.15) is 0 Å². The standard InChI is InChI=1S/C20H32F2N3O2/c1-2-27-19(26)24-11-7-20(14-24)12-16(13-20)23-9-5-15(6-10-23)25-8-3-4-17(25)18(21)22/h8,15-18H,2-7,9-14H2,1H3/q+1. The second kappa shape index (κ2) is 7.64. The van der Waals surface area contributed by atoms with Crippen molar-refractivity contribution in [2.24, 2.45) is 5.41 Å². The van der Waals surface area contributed by atoms with Crippen molar-refractivity contribution in [3.05, 3.63) is 0 Å². The van der Waals surface area contributed by atoms with Gasteiger partial charge in [-0.3, -0.25) is 4.90 Å². The molecule has 4 aliphatic rings. The van der Waals surface area contributed by atoms with Crippen molar-refractivity contribution < 1.29 is 22.9 Å². The summed E-state index contributed by atoms with van der Waals surface area (Å²) in [7, 11) is 0. The Bertz CT molecular complexity index is 584. The number of piperidine rings is 1. The van der Waals surface area contributed by atoms with Gasteiger partial charge in [-0.15, -0.1) is 0 Å². The van der Waals surface area contributed by atoms with Gasteiger partial charge in [0.1, 0.15) is 6.21 Å². The molecule has 7 heteroatoms. The maximum Gasteiger partial charge on any atom is 0.409 e. The van der Waals surface area contributed by atoms with Crippen LogP contribution >= 0.6 is 0 Å². The number of likely N-dealkylation sites (tertiary alicyclic amines) is 2. The van der Waals surface area contributed by atoms with Crippen molar-refractivity contribution in [2.75, 3.05) is 32.8 Å². The molecule has 0 aromatic rings. The zero-order chi connectivity index (χ0) is 19.0. The number of halogens is 2. The van der Waals surface area contributed by atoms with Crippen LogP contribution in [0.3, 0.4) is 0 Å². The number of hydrogen-bond donors (Lipinski definition) is 0. The first-order valence-corrected chi connectivity index (χ1v) is 10.6. The van der Waals surface area contributed by atoms with Crippen molar-refractivity contribution in [3.63, 3.8) is 0 Å². The number of carbonyl (C=O) groups is 1. The third kappa shape index (κ3) is 3.71. The summed E-state index contributed by atoms with van der Waals surface area (Å²) in [5.41, 5.74) is 0.289. The van der Waals surface area contributed by atoms with E-state index in [0.29, 0.717) is 19.1 Å². The fourth-order valence-corrected chi connectivity index (χ4v) is 5.74. The topological polar surface area (TPSA) is 35.8 Å². The lowest BCUT2D eigenvalue weighted by Crippen LogP contribution is -2.55. The van der Waals surface area contributed by atoms with Crippen molar-refractivity contribution >= 4 is 12.3 Å². The average Bonchev–Trinajstić information content (AvgIpc) is 3.28. The Labute approximate surface area is 160 Å². The molecule has 2 saturated heterocycles. The number of rotatable bonds is 4. The van der Waals surface area contributed by atoms with E-state index in [1.807, 2.05) is 22.6 Å². The van der Waals surface area contributed by atoms with Crippen LogP contribution in [0.4, 0.5) is 13.6 Å². The molecule has 1 spiro atoms. The van der Waals surface area contributed by atoms with Crippen LogP contribution in [-0.2, 0) is 4.74 Å². The Morgan fingerprint density at radius 2 is 2.00 bits per heavy atom. The van der Waals surface area contributed by atoms with Gasteiger partial charge in [-0.1, -0.05) is 0 Å². The quantitative estimate of drug-likeness (QED) is 0.699. The van der Waals surface area contributed by atoms with Gasteiger partial charge in [0.15, 0.2) is 6.04 Å². The van der Waals surface area contributed by atoms with E-state index in [4.69, 9.17) is 4.74 Å². The fourth-order valence-electron chi connectivity index (χ4n) is 5.74. The van der Waals surface area contributed by atoms with Gasteiger partial charge >= 0.3 is 6.09 Å². The minimum Gasteiger partial charge on any atom is -0.450 e. The first-order chi connectivity index (χ1) is 13.0. The number of hydrogen-bond acceptors (Lipinski definition) is 3. The van der Waals surface area contributed by atoms with Gasteiger partial charge in [-0.25, -0.2) is 18.2 Å². The summed E-state index contributed by atoms with van der Waals surface area (Å²) < 4.78 is 33.5. The van der Waals surface area contributed by atoms with Crippen LogP contribution in [0, 0.1) is 5.41 Å². The maximum atomic E-state index is 13.2. The molecule has 1 amide bonds. The fraction of sp³-hybridized carbons (Fsp3) is 0.900.